The van der Waals surface area contributed by atoms with Crippen molar-refractivity contribution in [1.82, 2.24) is 0 Å². The number of hydrogen-bond acceptors (Lipinski definition) is 1. The highest BCUT2D eigenvalue weighted by Gasteiger charge is 2.28. The molecule has 1 nitrogen and oxygen atoms in total. The largest absolute Gasteiger partial charge is 0.384 e. The topological polar surface area (TPSA) is 9.23 Å². The Bertz CT molecular complexity index is 656. The van der Waals surface area contributed by atoms with Gasteiger partial charge in [0.15, 0.2) is 0 Å². The van der Waals surface area contributed by atoms with Crippen LogP contribution in [0.3, 0.4) is 0 Å². The molecule has 0 aliphatic heterocycles. The van der Waals surface area contributed by atoms with Crippen molar-refractivity contribution in [3.8, 4) is 0 Å². The summed E-state index contributed by atoms with van der Waals surface area (Å²) in [4.78, 5) is 0. The average Bonchev–Trinajstić information content (AvgIpc) is 2.81. The number of hydrogen-bond donors (Lipinski definition) is 0. The Morgan fingerprint density at radius 1 is 0.800 bits per heavy atom. The van der Waals surface area contributed by atoms with Gasteiger partial charge in [0.1, 0.15) is 0 Å². The van der Waals surface area contributed by atoms with E-state index in [9.17, 15) is 0 Å². The molecule has 1 heteroatoms. The van der Waals surface area contributed by atoms with Crippen LogP contribution in [0.5, 0.6) is 0 Å². The Hall–Kier alpha value is -1.08. The highest BCUT2D eigenvalue weighted by Crippen LogP contribution is 2.42. The maximum Gasteiger partial charge on any atom is 0.0490 e. The second-order valence-electron chi connectivity index (χ2n) is 10.6. The molecule has 1 aromatic rings. The van der Waals surface area contributed by atoms with Crippen LogP contribution in [-0.4, -0.2) is 13.7 Å². The van der Waals surface area contributed by atoms with E-state index in [4.69, 9.17) is 4.74 Å². The smallest absolute Gasteiger partial charge is 0.0490 e. The summed E-state index contributed by atoms with van der Waals surface area (Å²) in [6, 6.07) is 9.69. The summed E-state index contributed by atoms with van der Waals surface area (Å²) in [6.07, 6.45) is 20.8. The number of benzene rings is 1. The molecule has 3 aliphatic carbocycles. The van der Waals surface area contributed by atoms with Crippen LogP contribution in [0.2, 0.25) is 0 Å². The predicted octanol–water partition coefficient (Wildman–Crippen LogP) is 8.40. The van der Waals surface area contributed by atoms with Crippen molar-refractivity contribution in [3.05, 3.63) is 41.5 Å². The van der Waals surface area contributed by atoms with Crippen molar-refractivity contribution in [2.75, 3.05) is 13.7 Å². The molecule has 0 amide bonds. The first-order valence-corrected chi connectivity index (χ1v) is 13.0. The van der Waals surface area contributed by atoms with Gasteiger partial charge in [-0.2, -0.15) is 0 Å². The maximum absolute atomic E-state index is 5.36. The van der Waals surface area contributed by atoms with Gasteiger partial charge in [-0.25, -0.2) is 0 Å². The fourth-order valence-corrected chi connectivity index (χ4v) is 6.77. The lowest BCUT2D eigenvalue weighted by atomic mass is 9.70. The quantitative estimate of drug-likeness (QED) is 0.440. The molecule has 3 aliphatic rings. The zero-order valence-electron chi connectivity index (χ0n) is 19.6. The lowest BCUT2D eigenvalue weighted by Crippen LogP contribution is -2.23. The lowest BCUT2D eigenvalue weighted by Gasteiger charge is -2.35. The van der Waals surface area contributed by atoms with E-state index < -0.39 is 0 Å². The second-order valence-corrected chi connectivity index (χ2v) is 10.6. The van der Waals surface area contributed by atoms with Crippen LogP contribution in [0.4, 0.5) is 0 Å². The van der Waals surface area contributed by atoms with Crippen molar-refractivity contribution >= 4 is 5.57 Å². The Balaban J connectivity index is 1.27. The Kier molecular flexibility index (Phi) is 8.10. The first-order chi connectivity index (χ1) is 14.8. The van der Waals surface area contributed by atoms with Crippen LogP contribution in [0, 0.1) is 23.7 Å². The first-order valence-electron chi connectivity index (χ1n) is 13.0. The molecule has 0 heterocycles. The minimum Gasteiger partial charge on any atom is -0.384 e. The molecule has 1 atom stereocenters. The number of allylic oxidation sites excluding steroid dienone is 2. The van der Waals surface area contributed by atoms with Gasteiger partial charge in [0.25, 0.3) is 0 Å². The van der Waals surface area contributed by atoms with E-state index in [0.717, 1.165) is 36.2 Å². The molecular formula is C29H44O. The van der Waals surface area contributed by atoms with Crippen molar-refractivity contribution in [2.24, 2.45) is 23.7 Å². The summed E-state index contributed by atoms with van der Waals surface area (Å²) in [5.74, 6) is 4.55. The van der Waals surface area contributed by atoms with E-state index >= 15 is 0 Å². The van der Waals surface area contributed by atoms with E-state index in [-0.39, 0.29) is 0 Å². The van der Waals surface area contributed by atoms with Gasteiger partial charge < -0.3 is 4.74 Å². The maximum atomic E-state index is 5.36. The van der Waals surface area contributed by atoms with Gasteiger partial charge >= 0.3 is 0 Å². The molecule has 30 heavy (non-hydrogen) atoms. The molecule has 0 spiro atoms. The summed E-state index contributed by atoms with van der Waals surface area (Å²) in [7, 11) is 1.84. The van der Waals surface area contributed by atoms with Crippen LogP contribution in [-0.2, 0) is 4.74 Å². The summed E-state index contributed by atoms with van der Waals surface area (Å²) >= 11 is 0. The normalized spacial score (nSPS) is 32.6. The molecule has 4 rings (SSSR count). The van der Waals surface area contributed by atoms with E-state index in [1.54, 1.807) is 11.1 Å². The molecule has 0 bridgehead atoms. The summed E-state index contributed by atoms with van der Waals surface area (Å²) in [5, 5.41) is 0. The molecular weight excluding hydrogens is 364 g/mol. The molecule has 2 fully saturated rings. The highest BCUT2D eigenvalue weighted by molar-refractivity contribution is 5.66. The van der Waals surface area contributed by atoms with Crippen LogP contribution in [0.15, 0.2) is 30.3 Å². The zero-order chi connectivity index (χ0) is 20.8. The fourth-order valence-electron chi connectivity index (χ4n) is 6.77. The third-order valence-electron chi connectivity index (χ3n) is 8.71. The lowest BCUT2D eigenvalue weighted by molar-refractivity contribution is 0.127. The fraction of sp³-hybridized carbons (Fsp3) is 0.724. The van der Waals surface area contributed by atoms with Gasteiger partial charge in [-0.1, -0.05) is 62.9 Å². The van der Waals surface area contributed by atoms with Gasteiger partial charge in [0.05, 0.1) is 0 Å². The van der Waals surface area contributed by atoms with Crippen LogP contribution < -0.4 is 0 Å². The summed E-state index contributed by atoms with van der Waals surface area (Å²) in [6.45, 7) is 3.29. The molecule has 1 aromatic carbocycles. The Morgan fingerprint density at radius 2 is 1.50 bits per heavy atom. The Morgan fingerprint density at radius 3 is 2.10 bits per heavy atom. The standard InChI is InChI=1S/C29H44O/c1-3-4-22-5-9-24(10-6-22)26-13-17-28(18-14-26)29-19-15-27(16-20-29)25-11-7-23(8-12-25)21-30-2/h15-17,19-20,22-26H,3-14,18,21H2,1-2H3. The highest BCUT2D eigenvalue weighted by atomic mass is 16.5. The van der Waals surface area contributed by atoms with Crippen molar-refractivity contribution in [3.63, 3.8) is 0 Å². The van der Waals surface area contributed by atoms with E-state index in [1.165, 1.54) is 89.0 Å². The third-order valence-corrected chi connectivity index (χ3v) is 8.71. The number of methoxy groups -OCH3 is 1. The molecule has 2 saturated carbocycles. The van der Waals surface area contributed by atoms with E-state index in [2.05, 4.69) is 37.3 Å². The molecule has 0 saturated heterocycles. The number of rotatable bonds is 7. The van der Waals surface area contributed by atoms with Crippen molar-refractivity contribution < 1.29 is 4.74 Å². The van der Waals surface area contributed by atoms with Gasteiger partial charge in [-0.3, -0.25) is 0 Å². The summed E-state index contributed by atoms with van der Waals surface area (Å²) in [5.41, 5.74) is 4.66. The van der Waals surface area contributed by atoms with Crippen LogP contribution in [0.1, 0.15) is 107 Å². The monoisotopic (exact) mass is 408 g/mol. The average molecular weight is 409 g/mol. The minimum atomic E-state index is 0.764. The Labute approximate surface area is 185 Å². The first kappa shape index (κ1) is 22.1. The van der Waals surface area contributed by atoms with Crippen molar-refractivity contribution in [1.29, 1.82) is 0 Å². The van der Waals surface area contributed by atoms with E-state index in [1.807, 2.05) is 7.11 Å². The van der Waals surface area contributed by atoms with Crippen LogP contribution >= 0.6 is 0 Å². The predicted molar refractivity (Wildman–Crippen MR) is 129 cm³/mol. The molecule has 0 aromatic heterocycles. The minimum absolute atomic E-state index is 0.764. The molecule has 0 radical (unpaired) electrons. The molecule has 0 N–H and O–H groups in total. The van der Waals surface area contributed by atoms with E-state index in [0.29, 0.717) is 0 Å². The SMILES string of the molecule is CCCC1CCC(C2CC=C(c3ccc(C4CCC(COC)CC4)cc3)CC2)CC1. The summed E-state index contributed by atoms with van der Waals surface area (Å²) < 4.78 is 5.36. The third kappa shape index (κ3) is 5.58. The molecule has 166 valence electrons. The second kappa shape index (κ2) is 11.0. The number of ether oxygens (including phenoxy) is 1. The van der Waals surface area contributed by atoms with Gasteiger partial charge in [0, 0.05) is 13.7 Å². The van der Waals surface area contributed by atoms with Gasteiger partial charge in [-0.15, -0.1) is 0 Å². The van der Waals surface area contributed by atoms with Crippen LogP contribution in [0.25, 0.3) is 5.57 Å². The van der Waals surface area contributed by atoms with Gasteiger partial charge in [0.2, 0.25) is 0 Å². The molecule has 1 unspecified atom stereocenters. The van der Waals surface area contributed by atoms with Gasteiger partial charge in [-0.05, 0) is 104 Å². The van der Waals surface area contributed by atoms with Crippen molar-refractivity contribution in [2.45, 2.75) is 96.3 Å². The zero-order valence-corrected chi connectivity index (χ0v) is 19.6.